The number of anilines is 1. The zero-order chi connectivity index (χ0) is 26.0. The van der Waals surface area contributed by atoms with Crippen LogP contribution in [-0.2, 0) is 4.74 Å². The molecule has 3 aromatic rings. The molecule has 2 N–H and O–H groups in total. The molecule has 0 saturated carbocycles. The molecule has 2 saturated heterocycles. The standard InChI is InChI=1S/C28H37ClN6O2/c1-28(2,3)37-27(36)35-14-9-19(10-15-35)8-12-34-13-11-20(18-34)32-26-31-17-23(29)25(33-26)22-16-30-24-7-5-4-6-21(22)24/h4-7,16-17,19-20,30H,8-15,18H2,1-3H3,(H,31,32,33)/t20-/m1/s1. The van der Waals surface area contributed by atoms with Crippen molar-refractivity contribution in [2.75, 3.05) is 38.0 Å². The van der Waals surface area contributed by atoms with Gasteiger partial charge in [0.05, 0.1) is 16.9 Å². The van der Waals surface area contributed by atoms with Crippen LogP contribution in [0.2, 0.25) is 5.02 Å². The highest BCUT2D eigenvalue weighted by atomic mass is 35.5. The number of H-pyrrole nitrogens is 1. The van der Waals surface area contributed by atoms with Crippen molar-refractivity contribution in [1.29, 1.82) is 0 Å². The molecule has 1 aromatic carbocycles. The fourth-order valence-electron chi connectivity index (χ4n) is 5.32. The lowest BCUT2D eigenvalue weighted by molar-refractivity contribution is 0.0178. The van der Waals surface area contributed by atoms with Crippen LogP contribution in [0.5, 0.6) is 0 Å². The highest BCUT2D eigenvalue weighted by Crippen LogP contribution is 2.32. The maximum Gasteiger partial charge on any atom is 0.410 e. The number of fused-ring (bicyclic) bond motifs is 1. The van der Waals surface area contributed by atoms with Crippen LogP contribution < -0.4 is 5.32 Å². The molecule has 0 aliphatic carbocycles. The van der Waals surface area contributed by atoms with Crippen LogP contribution in [-0.4, -0.2) is 75.2 Å². The van der Waals surface area contributed by atoms with Crippen LogP contribution >= 0.6 is 11.6 Å². The van der Waals surface area contributed by atoms with E-state index < -0.39 is 5.60 Å². The Hall–Kier alpha value is -2.84. The third-order valence-corrected chi connectivity index (χ3v) is 7.59. The Labute approximate surface area is 223 Å². The van der Waals surface area contributed by atoms with E-state index in [2.05, 4.69) is 26.3 Å². The van der Waals surface area contributed by atoms with Crippen molar-refractivity contribution in [3.05, 3.63) is 41.7 Å². The molecule has 2 fully saturated rings. The van der Waals surface area contributed by atoms with Gasteiger partial charge in [-0.3, -0.25) is 0 Å². The maximum absolute atomic E-state index is 12.3. The molecule has 0 radical (unpaired) electrons. The van der Waals surface area contributed by atoms with Crippen molar-refractivity contribution in [2.45, 2.75) is 58.1 Å². The van der Waals surface area contributed by atoms with Crippen LogP contribution in [0, 0.1) is 5.92 Å². The zero-order valence-electron chi connectivity index (χ0n) is 22.0. The summed E-state index contributed by atoms with van der Waals surface area (Å²) in [4.78, 5) is 29.2. The molecule has 5 rings (SSSR count). The van der Waals surface area contributed by atoms with Gasteiger partial charge in [0, 0.05) is 54.9 Å². The molecular formula is C28H37ClN6O2. The number of para-hydroxylation sites is 1. The Bertz CT molecular complexity index is 1230. The monoisotopic (exact) mass is 524 g/mol. The van der Waals surface area contributed by atoms with E-state index in [1.54, 1.807) is 6.20 Å². The van der Waals surface area contributed by atoms with Gasteiger partial charge in [0.15, 0.2) is 0 Å². The van der Waals surface area contributed by atoms with Gasteiger partial charge in [-0.05, 0) is 65.0 Å². The average Bonchev–Trinajstić information content (AvgIpc) is 3.50. The molecule has 0 bridgehead atoms. The molecule has 4 heterocycles. The van der Waals surface area contributed by atoms with Gasteiger partial charge in [0.25, 0.3) is 0 Å². The molecule has 37 heavy (non-hydrogen) atoms. The van der Waals surface area contributed by atoms with Gasteiger partial charge in [-0.15, -0.1) is 0 Å². The summed E-state index contributed by atoms with van der Waals surface area (Å²) in [6.07, 6.45) is 7.77. The molecule has 1 atom stereocenters. The molecule has 198 valence electrons. The topological polar surface area (TPSA) is 86.4 Å². The molecule has 0 unspecified atom stereocenters. The number of rotatable bonds is 6. The summed E-state index contributed by atoms with van der Waals surface area (Å²) >= 11 is 6.49. The Balaban J connectivity index is 1.10. The highest BCUT2D eigenvalue weighted by Gasteiger charge is 2.28. The lowest BCUT2D eigenvalue weighted by Gasteiger charge is -2.34. The van der Waals surface area contributed by atoms with Crippen LogP contribution in [0.1, 0.15) is 46.5 Å². The predicted molar refractivity (Wildman–Crippen MR) is 148 cm³/mol. The third-order valence-electron chi connectivity index (χ3n) is 7.31. The number of aromatic amines is 1. The Morgan fingerprint density at radius 1 is 1.19 bits per heavy atom. The number of nitrogens with one attached hydrogen (secondary N) is 2. The van der Waals surface area contributed by atoms with Crippen molar-refractivity contribution < 1.29 is 9.53 Å². The first-order valence-corrected chi connectivity index (χ1v) is 13.7. The predicted octanol–water partition coefficient (Wildman–Crippen LogP) is 5.80. The first kappa shape index (κ1) is 25.8. The van der Waals surface area contributed by atoms with E-state index in [0.717, 1.165) is 80.6 Å². The molecule has 9 heteroatoms. The van der Waals surface area contributed by atoms with E-state index in [1.165, 1.54) is 0 Å². The first-order valence-electron chi connectivity index (χ1n) is 13.3. The molecular weight excluding hydrogens is 488 g/mol. The van der Waals surface area contributed by atoms with Gasteiger partial charge in [-0.25, -0.2) is 14.8 Å². The van der Waals surface area contributed by atoms with Crippen molar-refractivity contribution in [2.24, 2.45) is 5.92 Å². The second-order valence-electron chi connectivity index (χ2n) is 11.3. The molecule has 2 aliphatic heterocycles. The number of ether oxygens (including phenoxy) is 1. The number of carbonyl (C=O) groups excluding carboxylic acids is 1. The fraction of sp³-hybridized carbons (Fsp3) is 0.536. The Morgan fingerprint density at radius 3 is 2.76 bits per heavy atom. The SMILES string of the molecule is CC(C)(C)OC(=O)N1CCC(CCN2CC[C@@H](Nc3ncc(Cl)c(-c4c[nH]c5ccccc45)n3)C2)CC1. The van der Waals surface area contributed by atoms with E-state index in [1.807, 2.05) is 50.1 Å². The number of carbonyl (C=O) groups is 1. The number of aromatic nitrogens is 3. The molecule has 1 amide bonds. The van der Waals surface area contributed by atoms with E-state index in [9.17, 15) is 4.79 Å². The van der Waals surface area contributed by atoms with E-state index in [-0.39, 0.29) is 6.09 Å². The van der Waals surface area contributed by atoms with Crippen molar-refractivity contribution in [3.8, 4) is 11.3 Å². The normalized spacial score (nSPS) is 19.5. The number of benzene rings is 1. The Morgan fingerprint density at radius 2 is 1.97 bits per heavy atom. The zero-order valence-corrected chi connectivity index (χ0v) is 22.7. The van der Waals surface area contributed by atoms with Crippen LogP contribution in [0.25, 0.3) is 22.2 Å². The fourth-order valence-corrected chi connectivity index (χ4v) is 5.52. The minimum Gasteiger partial charge on any atom is -0.444 e. The minimum absolute atomic E-state index is 0.184. The molecule has 2 aromatic heterocycles. The summed E-state index contributed by atoms with van der Waals surface area (Å²) in [5.41, 5.74) is 2.34. The number of nitrogens with zero attached hydrogens (tertiary/aromatic N) is 4. The number of hydrogen-bond acceptors (Lipinski definition) is 6. The molecule has 0 spiro atoms. The summed E-state index contributed by atoms with van der Waals surface area (Å²) < 4.78 is 5.52. The number of likely N-dealkylation sites (tertiary alicyclic amines) is 2. The maximum atomic E-state index is 12.3. The third kappa shape index (κ3) is 6.36. The van der Waals surface area contributed by atoms with Crippen molar-refractivity contribution in [3.63, 3.8) is 0 Å². The van der Waals surface area contributed by atoms with Crippen molar-refractivity contribution in [1.82, 2.24) is 24.8 Å². The summed E-state index contributed by atoms with van der Waals surface area (Å²) in [6.45, 7) is 10.4. The number of hydrogen-bond donors (Lipinski definition) is 2. The average molecular weight is 525 g/mol. The van der Waals surface area contributed by atoms with Crippen LogP contribution in [0.15, 0.2) is 36.7 Å². The molecule has 2 aliphatic rings. The highest BCUT2D eigenvalue weighted by molar-refractivity contribution is 6.33. The summed E-state index contributed by atoms with van der Waals surface area (Å²) in [7, 11) is 0. The largest absolute Gasteiger partial charge is 0.444 e. The Kier molecular flexibility index (Phi) is 7.58. The lowest BCUT2D eigenvalue weighted by Crippen LogP contribution is -2.42. The first-order chi connectivity index (χ1) is 17.7. The van der Waals surface area contributed by atoms with Gasteiger partial charge >= 0.3 is 6.09 Å². The summed E-state index contributed by atoms with van der Waals surface area (Å²) in [5, 5.41) is 5.17. The van der Waals surface area contributed by atoms with Gasteiger partial charge in [-0.2, -0.15) is 0 Å². The minimum atomic E-state index is -0.441. The number of halogens is 1. The van der Waals surface area contributed by atoms with E-state index in [4.69, 9.17) is 21.3 Å². The van der Waals surface area contributed by atoms with E-state index >= 15 is 0 Å². The van der Waals surface area contributed by atoms with E-state index in [0.29, 0.717) is 22.9 Å². The second-order valence-corrected chi connectivity index (χ2v) is 11.7. The number of amides is 1. The van der Waals surface area contributed by atoms with Crippen molar-refractivity contribution >= 4 is 34.5 Å². The number of piperidine rings is 1. The summed E-state index contributed by atoms with van der Waals surface area (Å²) in [5.74, 6) is 1.27. The van der Waals surface area contributed by atoms with Gasteiger partial charge in [0.1, 0.15) is 5.60 Å². The second kappa shape index (κ2) is 10.9. The molecule has 8 nitrogen and oxygen atoms in total. The quantitative estimate of drug-likeness (QED) is 0.423. The van der Waals surface area contributed by atoms with Gasteiger partial charge in [0.2, 0.25) is 5.95 Å². The van der Waals surface area contributed by atoms with Gasteiger partial charge in [-0.1, -0.05) is 29.8 Å². The summed E-state index contributed by atoms with van der Waals surface area (Å²) in [6, 6.07) is 8.46. The lowest BCUT2D eigenvalue weighted by atomic mass is 9.93. The van der Waals surface area contributed by atoms with Gasteiger partial charge < -0.3 is 24.8 Å². The van der Waals surface area contributed by atoms with Crippen LogP contribution in [0.4, 0.5) is 10.7 Å². The van der Waals surface area contributed by atoms with Crippen LogP contribution in [0.3, 0.4) is 0 Å². The smallest absolute Gasteiger partial charge is 0.410 e.